The summed E-state index contributed by atoms with van der Waals surface area (Å²) >= 11 is 0. The van der Waals surface area contributed by atoms with Crippen molar-refractivity contribution < 1.29 is 14.5 Å². The van der Waals surface area contributed by atoms with Crippen LogP contribution in [0.1, 0.15) is 18.7 Å². The van der Waals surface area contributed by atoms with Crippen LogP contribution in [0, 0.1) is 17.0 Å². The molecule has 0 fully saturated rings. The monoisotopic (exact) mass is 308 g/mol. The lowest BCUT2D eigenvalue weighted by molar-refractivity contribution is -0.385. The molecule has 118 valence electrons. The zero-order chi connectivity index (χ0) is 16.3. The van der Waals surface area contributed by atoms with Gasteiger partial charge in [-0.1, -0.05) is 0 Å². The van der Waals surface area contributed by atoms with E-state index in [0.717, 1.165) is 0 Å². The van der Waals surface area contributed by atoms with Crippen molar-refractivity contribution in [2.45, 2.75) is 26.6 Å². The van der Waals surface area contributed by atoms with Crippen molar-refractivity contribution in [3.8, 4) is 0 Å². The van der Waals surface area contributed by atoms with Crippen molar-refractivity contribution >= 4 is 17.3 Å². The van der Waals surface area contributed by atoms with Gasteiger partial charge in [0.15, 0.2) is 0 Å². The summed E-state index contributed by atoms with van der Waals surface area (Å²) < 4.78 is 7.69. The molecule has 1 N–H and O–H groups in total. The zero-order valence-electron chi connectivity index (χ0n) is 12.4. The molecule has 10 heteroatoms. The van der Waals surface area contributed by atoms with E-state index in [9.17, 15) is 14.9 Å². The van der Waals surface area contributed by atoms with Crippen molar-refractivity contribution in [1.29, 1.82) is 0 Å². The Kier molecular flexibility index (Phi) is 4.51. The van der Waals surface area contributed by atoms with Gasteiger partial charge in [-0.25, -0.2) is 4.68 Å². The third-order valence-corrected chi connectivity index (χ3v) is 3.03. The molecular formula is C12H16N6O4. The molecule has 0 spiro atoms. The SMILES string of the molecule is COCn1cc(NC(=O)C(C)n2cc([N+](=O)[O-])c(C)n2)cn1. The molecule has 2 rings (SSSR count). The topological polar surface area (TPSA) is 117 Å². The fourth-order valence-corrected chi connectivity index (χ4v) is 1.85. The van der Waals surface area contributed by atoms with Crippen LogP contribution in [0.5, 0.6) is 0 Å². The maximum Gasteiger partial charge on any atom is 0.309 e. The van der Waals surface area contributed by atoms with Gasteiger partial charge in [0.2, 0.25) is 5.91 Å². The second-order valence-corrected chi connectivity index (χ2v) is 4.69. The highest BCUT2D eigenvalue weighted by molar-refractivity contribution is 5.93. The molecule has 2 heterocycles. The molecule has 1 atom stereocenters. The fourth-order valence-electron chi connectivity index (χ4n) is 1.85. The van der Waals surface area contributed by atoms with Gasteiger partial charge >= 0.3 is 5.69 Å². The molecule has 0 aromatic carbocycles. The zero-order valence-corrected chi connectivity index (χ0v) is 12.4. The summed E-state index contributed by atoms with van der Waals surface area (Å²) in [6.45, 7) is 3.40. The second kappa shape index (κ2) is 6.35. The van der Waals surface area contributed by atoms with Gasteiger partial charge in [0.05, 0.1) is 23.0 Å². The largest absolute Gasteiger partial charge is 0.362 e. The van der Waals surface area contributed by atoms with Gasteiger partial charge in [0.25, 0.3) is 0 Å². The lowest BCUT2D eigenvalue weighted by Gasteiger charge is -2.10. The minimum atomic E-state index is -0.696. The molecule has 1 unspecified atom stereocenters. The Hall–Kier alpha value is -2.75. The summed E-state index contributed by atoms with van der Waals surface area (Å²) in [4.78, 5) is 22.4. The molecule has 2 aromatic rings. The van der Waals surface area contributed by atoms with Crippen LogP contribution in [0.15, 0.2) is 18.6 Å². The highest BCUT2D eigenvalue weighted by Gasteiger charge is 2.22. The summed E-state index contributed by atoms with van der Waals surface area (Å²) in [6.07, 6.45) is 4.35. The lowest BCUT2D eigenvalue weighted by Crippen LogP contribution is -2.24. The number of nitrogens with one attached hydrogen (secondary N) is 1. The summed E-state index contributed by atoms with van der Waals surface area (Å²) in [5.74, 6) is -0.352. The fraction of sp³-hybridized carbons (Fsp3) is 0.417. The van der Waals surface area contributed by atoms with Crippen molar-refractivity contribution in [3.63, 3.8) is 0 Å². The normalized spacial score (nSPS) is 12.1. The van der Waals surface area contributed by atoms with Crippen LogP contribution in [0.2, 0.25) is 0 Å². The number of aromatic nitrogens is 4. The Balaban J connectivity index is 2.08. The number of carbonyl (C=O) groups excluding carboxylic acids is 1. The molecule has 2 aromatic heterocycles. The van der Waals surface area contributed by atoms with E-state index in [0.29, 0.717) is 5.69 Å². The second-order valence-electron chi connectivity index (χ2n) is 4.69. The summed E-state index contributed by atoms with van der Waals surface area (Å²) in [6, 6.07) is -0.696. The van der Waals surface area contributed by atoms with E-state index >= 15 is 0 Å². The minimum absolute atomic E-state index is 0.118. The van der Waals surface area contributed by atoms with Crippen LogP contribution >= 0.6 is 0 Å². The number of amides is 1. The predicted molar refractivity (Wildman–Crippen MR) is 76.2 cm³/mol. The number of hydrogen-bond donors (Lipinski definition) is 1. The number of nitro groups is 1. The van der Waals surface area contributed by atoms with Gasteiger partial charge < -0.3 is 10.1 Å². The molecule has 0 bridgehead atoms. The number of hydrogen-bond acceptors (Lipinski definition) is 6. The first kappa shape index (κ1) is 15.6. The van der Waals surface area contributed by atoms with Crippen molar-refractivity contribution in [1.82, 2.24) is 19.6 Å². The highest BCUT2D eigenvalue weighted by atomic mass is 16.6. The van der Waals surface area contributed by atoms with E-state index in [2.05, 4.69) is 15.5 Å². The van der Waals surface area contributed by atoms with Crippen LogP contribution < -0.4 is 5.32 Å². The van der Waals surface area contributed by atoms with Gasteiger partial charge in [-0.2, -0.15) is 10.2 Å². The number of aryl methyl sites for hydroxylation is 1. The van der Waals surface area contributed by atoms with Gasteiger partial charge in [0, 0.05) is 7.11 Å². The Labute approximate surface area is 125 Å². The smallest absolute Gasteiger partial charge is 0.309 e. The minimum Gasteiger partial charge on any atom is -0.362 e. The maximum absolute atomic E-state index is 12.2. The molecule has 0 radical (unpaired) electrons. The standard InChI is InChI=1S/C12H16N6O4/c1-8-11(18(20)21)6-17(15-8)9(2)12(19)14-10-4-13-16(5-10)7-22-3/h4-6,9H,7H2,1-3H3,(H,14,19). The summed E-state index contributed by atoms with van der Waals surface area (Å²) in [7, 11) is 1.54. The van der Waals surface area contributed by atoms with Gasteiger partial charge in [-0.3, -0.25) is 19.6 Å². The van der Waals surface area contributed by atoms with Crippen LogP contribution in [0.3, 0.4) is 0 Å². The molecule has 0 aliphatic rings. The first-order valence-electron chi connectivity index (χ1n) is 6.44. The van der Waals surface area contributed by atoms with Gasteiger partial charge in [-0.15, -0.1) is 0 Å². The number of methoxy groups -OCH3 is 1. The number of rotatable bonds is 6. The summed E-state index contributed by atoms with van der Waals surface area (Å²) in [5.41, 5.74) is 0.650. The molecule has 10 nitrogen and oxygen atoms in total. The van der Waals surface area contributed by atoms with Crippen molar-refractivity contribution in [2.24, 2.45) is 0 Å². The van der Waals surface area contributed by atoms with Crippen LogP contribution in [0.25, 0.3) is 0 Å². The lowest BCUT2D eigenvalue weighted by atomic mass is 10.3. The maximum atomic E-state index is 12.2. The van der Waals surface area contributed by atoms with Gasteiger partial charge in [0.1, 0.15) is 24.7 Å². The first-order valence-corrected chi connectivity index (χ1v) is 6.44. The molecule has 0 aliphatic heterocycles. The summed E-state index contributed by atoms with van der Waals surface area (Å²) in [5, 5.41) is 21.5. The Morgan fingerprint density at radius 3 is 2.86 bits per heavy atom. The molecule has 0 aliphatic carbocycles. The third kappa shape index (κ3) is 3.28. The van der Waals surface area contributed by atoms with E-state index < -0.39 is 11.0 Å². The van der Waals surface area contributed by atoms with Crippen LogP contribution in [-0.2, 0) is 16.3 Å². The van der Waals surface area contributed by atoms with E-state index in [-0.39, 0.29) is 24.0 Å². The Morgan fingerprint density at radius 2 is 2.27 bits per heavy atom. The number of ether oxygens (including phenoxy) is 1. The number of nitrogens with zero attached hydrogens (tertiary/aromatic N) is 5. The van der Waals surface area contributed by atoms with Crippen LogP contribution in [0.4, 0.5) is 11.4 Å². The predicted octanol–water partition coefficient (Wildman–Crippen LogP) is 1.10. The molecule has 0 saturated heterocycles. The van der Waals surface area contributed by atoms with E-state index in [1.165, 1.54) is 35.8 Å². The average molecular weight is 308 g/mol. The van der Waals surface area contributed by atoms with E-state index in [1.807, 2.05) is 0 Å². The van der Waals surface area contributed by atoms with Crippen molar-refractivity contribution in [2.75, 3.05) is 12.4 Å². The molecular weight excluding hydrogens is 292 g/mol. The van der Waals surface area contributed by atoms with Crippen molar-refractivity contribution in [3.05, 3.63) is 34.4 Å². The molecule has 0 saturated carbocycles. The average Bonchev–Trinajstić information content (AvgIpc) is 3.05. The quantitative estimate of drug-likeness (QED) is 0.630. The molecule has 1 amide bonds. The Bertz CT molecular complexity index is 692. The van der Waals surface area contributed by atoms with Crippen LogP contribution in [-0.4, -0.2) is 37.5 Å². The number of anilines is 1. The molecule has 22 heavy (non-hydrogen) atoms. The van der Waals surface area contributed by atoms with E-state index in [1.54, 1.807) is 13.1 Å². The van der Waals surface area contributed by atoms with Gasteiger partial charge in [-0.05, 0) is 13.8 Å². The Morgan fingerprint density at radius 1 is 1.55 bits per heavy atom. The highest BCUT2D eigenvalue weighted by Crippen LogP contribution is 2.19. The van der Waals surface area contributed by atoms with E-state index in [4.69, 9.17) is 4.74 Å². The third-order valence-electron chi connectivity index (χ3n) is 3.03. The number of carbonyl (C=O) groups is 1. The first-order chi connectivity index (χ1) is 10.4.